The summed E-state index contributed by atoms with van der Waals surface area (Å²) in [5.74, 6) is 0.564. The minimum Gasteiger partial charge on any atom is -0.321 e. The van der Waals surface area contributed by atoms with Gasteiger partial charge >= 0.3 is 0 Å². The molecular weight excluding hydrogens is 302 g/mol. The summed E-state index contributed by atoms with van der Waals surface area (Å²) in [5.41, 5.74) is 1.86. The van der Waals surface area contributed by atoms with Crippen molar-refractivity contribution in [1.29, 1.82) is 0 Å². The third-order valence-corrected chi connectivity index (χ3v) is 3.50. The van der Waals surface area contributed by atoms with Gasteiger partial charge in [-0.15, -0.1) is 0 Å². The van der Waals surface area contributed by atoms with E-state index in [0.29, 0.717) is 10.7 Å². The second-order valence-electron chi connectivity index (χ2n) is 4.84. The molecule has 0 spiro atoms. The normalized spacial score (nSPS) is 10.7. The summed E-state index contributed by atoms with van der Waals surface area (Å²) >= 11 is 5.96. The lowest BCUT2D eigenvalue weighted by Crippen LogP contribution is -2.13. The number of carbonyl (C=O) groups excluding carboxylic acids is 1. The number of aryl methyl sites for hydroxylation is 2. The van der Waals surface area contributed by atoms with Gasteiger partial charge in [-0.2, -0.15) is 5.10 Å². The predicted molar refractivity (Wildman–Crippen MR) is 84.5 cm³/mol. The van der Waals surface area contributed by atoms with Crippen molar-refractivity contribution >= 4 is 23.2 Å². The highest BCUT2D eigenvalue weighted by molar-refractivity contribution is 6.34. The van der Waals surface area contributed by atoms with Crippen LogP contribution in [0.25, 0.3) is 5.69 Å². The molecule has 0 aliphatic carbocycles. The van der Waals surface area contributed by atoms with Gasteiger partial charge < -0.3 is 9.88 Å². The van der Waals surface area contributed by atoms with Crippen LogP contribution < -0.4 is 5.32 Å². The van der Waals surface area contributed by atoms with Gasteiger partial charge in [0.25, 0.3) is 5.91 Å². The van der Waals surface area contributed by atoms with Crippen molar-refractivity contribution in [3.8, 4) is 5.69 Å². The first kappa shape index (κ1) is 14.3. The van der Waals surface area contributed by atoms with E-state index in [0.717, 1.165) is 11.5 Å². The molecule has 2 heterocycles. The summed E-state index contributed by atoms with van der Waals surface area (Å²) in [7, 11) is 1.71. The number of halogens is 1. The number of benzene rings is 1. The third-order valence-electron chi connectivity index (χ3n) is 3.23. The average Bonchev–Trinajstić information content (AvgIpc) is 3.05. The molecule has 3 aromatic rings. The van der Waals surface area contributed by atoms with Crippen LogP contribution in [-0.2, 0) is 7.05 Å². The van der Waals surface area contributed by atoms with Crippen LogP contribution in [0.15, 0.2) is 42.9 Å². The summed E-state index contributed by atoms with van der Waals surface area (Å²) in [5, 5.41) is 7.14. The number of carbonyl (C=O) groups is 1. The van der Waals surface area contributed by atoms with E-state index in [-0.39, 0.29) is 11.6 Å². The van der Waals surface area contributed by atoms with E-state index in [9.17, 15) is 4.79 Å². The van der Waals surface area contributed by atoms with Gasteiger partial charge in [0.15, 0.2) is 5.69 Å². The maximum Gasteiger partial charge on any atom is 0.277 e. The SMILES string of the molecule is Cc1nccn1-c1ccc(NC(=O)c2nn(C)cc2Cl)cc1. The first-order chi connectivity index (χ1) is 10.5. The molecule has 0 unspecified atom stereocenters. The fourth-order valence-corrected chi connectivity index (χ4v) is 2.42. The summed E-state index contributed by atoms with van der Waals surface area (Å²) in [4.78, 5) is 16.3. The molecule has 3 rings (SSSR count). The summed E-state index contributed by atoms with van der Waals surface area (Å²) < 4.78 is 3.46. The summed E-state index contributed by atoms with van der Waals surface area (Å²) in [6.45, 7) is 1.93. The molecule has 1 N–H and O–H groups in total. The Morgan fingerprint density at radius 3 is 2.55 bits per heavy atom. The zero-order valence-corrected chi connectivity index (χ0v) is 12.9. The fourth-order valence-electron chi connectivity index (χ4n) is 2.16. The number of hydrogen-bond acceptors (Lipinski definition) is 3. The van der Waals surface area contributed by atoms with Crippen molar-refractivity contribution in [2.45, 2.75) is 6.92 Å². The second kappa shape index (κ2) is 5.65. The van der Waals surface area contributed by atoms with Gasteiger partial charge in [0.2, 0.25) is 0 Å². The Hall–Kier alpha value is -2.60. The molecule has 0 saturated carbocycles. The minimum atomic E-state index is -0.336. The van der Waals surface area contributed by atoms with E-state index < -0.39 is 0 Å². The highest BCUT2D eigenvalue weighted by Crippen LogP contribution is 2.18. The van der Waals surface area contributed by atoms with Crippen molar-refractivity contribution in [1.82, 2.24) is 19.3 Å². The molecule has 0 saturated heterocycles. The smallest absolute Gasteiger partial charge is 0.277 e. The van der Waals surface area contributed by atoms with Gasteiger partial charge in [0.05, 0.1) is 5.02 Å². The Morgan fingerprint density at radius 1 is 1.27 bits per heavy atom. The second-order valence-corrected chi connectivity index (χ2v) is 5.25. The maximum atomic E-state index is 12.1. The summed E-state index contributed by atoms with van der Waals surface area (Å²) in [6.07, 6.45) is 5.21. The molecule has 1 aromatic carbocycles. The average molecular weight is 316 g/mol. The molecule has 7 heteroatoms. The van der Waals surface area contributed by atoms with Gasteiger partial charge in [-0.1, -0.05) is 11.6 Å². The standard InChI is InChI=1S/C15H14ClN5O/c1-10-17-7-8-21(10)12-5-3-11(4-6-12)18-15(22)14-13(16)9-20(2)19-14/h3-9H,1-2H3,(H,18,22). The number of nitrogens with zero attached hydrogens (tertiary/aromatic N) is 4. The monoisotopic (exact) mass is 315 g/mol. The van der Waals surface area contributed by atoms with Gasteiger partial charge in [-0.05, 0) is 31.2 Å². The zero-order valence-electron chi connectivity index (χ0n) is 12.1. The number of amides is 1. The first-order valence-corrected chi connectivity index (χ1v) is 7.03. The van der Waals surface area contributed by atoms with E-state index in [1.165, 1.54) is 4.68 Å². The molecule has 0 bridgehead atoms. The van der Waals surface area contributed by atoms with Gasteiger partial charge in [-0.3, -0.25) is 9.48 Å². The fraction of sp³-hybridized carbons (Fsp3) is 0.133. The predicted octanol–water partition coefficient (Wildman–Crippen LogP) is 2.82. The van der Waals surface area contributed by atoms with E-state index in [1.54, 1.807) is 19.4 Å². The number of imidazole rings is 1. The van der Waals surface area contributed by atoms with Crippen molar-refractivity contribution in [3.63, 3.8) is 0 Å². The molecule has 1 amide bonds. The van der Waals surface area contributed by atoms with Crippen LogP contribution in [0.2, 0.25) is 5.02 Å². The van der Waals surface area contributed by atoms with E-state index in [1.807, 2.05) is 42.0 Å². The molecular formula is C15H14ClN5O. The van der Waals surface area contributed by atoms with Crippen LogP contribution >= 0.6 is 11.6 Å². The van der Waals surface area contributed by atoms with Gasteiger partial charge in [0, 0.05) is 37.0 Å². The van der Waals surface area contributed by atoms with Crippen molar-refractivity contribution in [2.75, 3.05) is 5.32 Å². The lowest BCUT2D eigenvalue weighted by atomic mass is 10.2. The molecule has 2 aromatic heterocycles. The van der Waals surface area contributed by atoms with E-state index >= 15 is 0 Å². The quantitative estimate of drug-likeness (QED) is 0.808. The Bertz CT molecular complexity index is 819. The molecule has 0 aliphatic rings. The largest absolute Gasteiger partial charge is 0.321 e. The zero-order chi connectivity index (χ0) is 15.7. The maximum absolute atomic E-state index is 12.1. The highest BCUT2D eigenvalue weighted by Gasteiger charge is 2.14. The van der Waals surface area contributed by atoms with Crippen molar-refractivity contribution in [3.05, 3.63) is 59.4 Å². The van der Waals surface area contributed by atoms with Crippen molar-refractivity contribution in [2.24, 2.45) is 7.05 Å². The Kier molecular flexibility index (Phi) is 3.68. The number of nitrogens with one attached hydrogen (secondary N) is 1. The van der Waals surface area contributed by atoms with Crippen molar-refractivity contribution < 1.29 is 4.79 Å². The lowest BCUT2D eigenvalue weighted by Gasteiger charge is -2.07. The molecule has 112 valence electrons. The Labute approximate surface area is 132 Å². The number of anilines is 1. The van der Waals surface area contributed by atoms with Crippen LogP contribution in [0.1, 0.15) is 16.3 Å². The van der Waals surface area contributed by atoms with E-state index in [2.05, 4.69) is 15.4 Å². The molecule has 22 heavy (non-hydrogen) atoms. The molecule has 0 radical (unpaired) electrons. The topological polar surface area (TPSA) is 64.7 Å². The number of aromatic nitrogens is 4. The molecule has 0 fully saturated rings. The number of hydrogen-bond donors (Lipinski definition) is 1. The molecule has 0 atom stereocenters. The lowest BCUT2D eigenvalue weighted by molar-refractivity contribution is 0.102. The van der Waals surface area contributed by atoms with Crippen LogP contribution in [0.4, 0.5) is 5.69 Å². The molecule has 6 nitrogen and oxygen atoms in total. The van der Waals surface area contributed by atoms with Gasteiger partial charge in [0.1, 0.15) is 5.82 Å². The van der Waals surface area contributed by atoms with E-state index in [4.69, 9.17) is 11.6 Å². The Balaban J connectivity index is 1.78. The first-order valence-electron chi connectivity index (χ1n) is 6.65. The summed E-state index contributed by atoms with van der Waals surface area (Å²) in [6, 6.07) is 7.46. The van der Waals surface area contributed by atoms with Gasteiger partial charge in [-0.25, -0.2) is 4.98 Å². The molecule has 0 aliphatic heterocycles. The highest BCUT2D eigenvalue weighted by atomic mass is 35.5. The van der Waals surface area contributed by atoms with Crippen LogP contribution in [0, 0.1) is 6.92 Å². The third kappa shape index (κ3) is 2.73. The van der Waals surface area contributed by atoms with Crippen LogP contribution in [0.3, 0.4) is 0 Å². The Morgan fingerprint density at radius 2 is 2.00 bits per heavy atom. The minimum absolute atomic E-state index is 0.207. The van der Waals surface area contributed by atoms with Crippen LogP contribution in [0.5, 0.6) is 0 Å². The van der Waals surface area contributed by atoms with Crippen LogP contribution in [-0.4, -0.2) is 25.2 Å². The number of rotatable bonds is 3.